The zero-order chi connectivity index (χ0) is 18.2. The fourth-order valence-corrected chi connectivity index (χ4v) is 3.54. The van der Waals surface area contributed by atoms with Crippen LogP contribution in [0.2, 0.25) is 0 Å². The number of amides is 2. The van der Waals surface area contributed by atoms with Crippen LogP contribution < -0.4 is 10.1 Å². The Kier molecular flexibility index (Phi) is 6.53. The number of nitrogens with zero attached hydrogens (tertiary/aromatic N) is 1. The van der Waals surface area contributed by atoms with Crippen molar-refractivity contribution in [1.29, 1.82) is 0 Å². The molecule has 0 saturated carbocycles. The smallest absolute Gasteiger partial charge is 0.317 e. The molecule has 138 valence electrons. The molecule has 0 spiro atoms. The van der Waals surface area contributed by atoms with E-state index in [1.807, 2.05) is 35.2 Å². The van der Waals surface area contributed by atoms with Crippen LogP contribution in [-0.4, -0.2) is 37.7 Å². The van der Waals surface area contributed by atoms with Gasteiger partial charge in [-0.3, -0.25) is 0 Å². The summed E-state index contributed by atoms with van der Waals surface area (Å²) in [5.41, 5.74) is 2.54. The van der Waals surface area contributed by atoms with Crippen LogP contribution in [0.1, 0.15) is 36.3 Å². The molecule has 1 unspecified atom stereocenters. The lowest BCUT2D eigenvalue weighted by molar-refractivity contribution is 0.197. The molecule has 2 aromatic carbocycles. The van der Waals surface area contributed by atoms with E-state index in [0.717, 1.165) is 38.1 Å². The number of nitrogens with one attached hydrogen (secondary N) is 1. The largest absolute Gasteiger partial charge is 0.497 e. The van der Waals surface area contributed by atoms with Crippen LogP contribution in [-0.2, 0) is 6.42 Å². The van der Waals surface area contributed by atoms with Crippen molar-refractivity contribution in [2.45, 2.75) is 31.6 Å². The van der Waals surface area contributed by atoms with E-state index in [0.29, 0.717) is 12.5 Å². The van der Waals surface area contributed by atoms with Crippen LogP contribution >= 0.6 is 0 Å². The molecule has 0 radical (unpaired) electrons. The van der Waals surface area contributed by atoms with Gasteiger partial charge in [0, 0.05) is 25.6 Å². The highest BCUT2D eigenvalue weighted by molar-refractivity contribution is 5.74. The van der Waals surface area contributed by atoms with Gasteiger partial charge in [0.05, 0.1) is 7.11 Å². The topological polar surface area (TPSA) is 41.6 Å². The number of carbonyl (C=O) groups excluding carboxylic acids is 1. The number of hydrogen-bond donors (Lipinski definition) is 1. The minimum Gasteiger partial charge on any atom is -0.497 e. The molecule has 1 fully saturated rings. The highest BCUT2D eigenvalue weighted by Gasteiger charge is 2.22. The number of hydrogen-bond acceptors (Lipinski definition) is 2. The summed E-state index contributed by atoms with van der Waals surface area (Å²) in [6.45, 7) is 2.30. The SMILES string of the molecule is COc1ccc(CCNC(=O)N2CCCCC(c3ccccc3)C2)cc1. The Balaban J connectivity index is 1.51. The second kappa shape index (κ2) is 9.27. The Labute approximate surface area is 156 Å². The summed E-state index contributed by atoms with van der Waals surface area (Å²) >= 11 is 0. The summed E-state index contributed by atoms with van der Waals surface area (Å²) in [5.74, 6) is 1.29. The summed E-state index contributed by atoms with van der Waals surface area (Å²) in [5, 5.41) is 3.08. The van der Waals surface area contributed by atoms with Crippen molar-refractivity contribution in [3.05, 3.63) is 65.7 Å². The summed E-state index contributed by atoms with van der Waals surface area (Å²) in [4.78, 5) is 14.6. The normalized spacial score (nSPS) is 17.4. The standard InChI is InChI=1S/C22H28N2O2/c1-26-21-12-10-18(11-13-21)14-15-23-22(25)24-16-6-5-9-20(17-24)19-7-3-2-4-8-19/h2-4,7-8,10-13,20H,5-6,9,14-17H2,1H3,(H,23,25). The fourth-order valence-electron chi connectivity index (χ4n) is 3.54. The molecule has 4 nitrogen and oxygen atoms in total. The fraction of sp³-hybridized carbons (Fsp3) is 0.409. The van der Waals surface area contributed by atoms with Crippen molar-refractivity contribution in [1.82, 2.24) is 10.2 Å². The predicted octanol–water partition coefficient (Wildman–Crippen LogP) is 4.22. The maximum Gasteiger partial charge on any atom is 0.317 e. The van der Waals surface area contributed by atoms with Gasteiger partial charge in [-0.15, -0.1) is 0 Å². The molecule has 1 N–H and O–H groups in total. The van der Waals surface area contributed by atoms with Crippen LogP contribution in [0.5, 0.6) is 5.75 Å². The molecule has 2 aromatic rings. The number of ether oxygens (including phenoxy) is 1. The third-order valence-corrected chi connectivity index (χ3v) is 5.08. The molecule has 1 aliphatic rings. The Morgan fingerprint density at radius 3 is 2.62 bits per heavy atom. The molecular weight excluding hydrogens is 324 g/mol. The molecule has 0 aliphatic carbocycles. The van der Waals surface area contributed by atoms with E-state index in [1.165, 1.54) is 17.5 Å². The van der Waals surface area contributed by atoms with Crippen molar-refractivity contribution in [3.63, 3.8) is 0 Å². The molecule has 1 aliphatic heterocycles. The van der Waals surface area contributed by atoms with Gasteiger partial charge in [0.25, 0.3) is 0 Å². The second-order valence-electron chi connectivity index (χ2n) is 6.88. The molecule has 1 heterocycles. The summed E-state index contributed by atoms with van der Waals surface area (Å²) < 4.78 is 5.17. The maximum absolute atomic E-state index is 12.6. The lowest BCUT2D eigenvalue weighted by Crippen LogP contribution is -2.42. The lowest BCUT2D eigenvalue weighted by atomic mass is 9.94. The highest BCUT2D eigenvalue weighted by atomic mass is 16.5. The highest BCUT2D eigenvalue weighted by Crippen LogP contribution is 2.26. The van der Waals surface area contributed by atoms with Gasteiger partial charge < -0.3 is 15.0 Å². The van der Waals surface area contributed by atoms with Crippen molar-refractivity contribution < 1.29 is 9.53 Å². The molecule has 4 heteroatoms. The van der Waals surface area contributed by atoms with Gasteiger partial charge in [-0.1, -0.05) is 48.9 Å². The Morgan fingerprint density at radius 2 is 1.88 bits per heavy atom. The molecule has 3 rings (SSSR count). The molecule has 0 bridgehead atoms. The van der Waals surface area contributed by atoms with E-state index in [-0.39, 0.29) is 6.03 Å². The first-order valence-electron chi connectivity index (χ1n) is 9.47. The molecule has 2 amide bonds. The number of urea groups is 1. The summed E-state index contributed by atoms with van der Waals surface area (Å²) in [7, 11) is 1.67. The third kappa shape index (κ3) is 5.01. The zero-order valence-electron chi connectivity index (χ0n) is 15.5. The molecule has 1 atom stereocenters. The Bertz CT molecular complexity index is 685. The van der Waals surface area contributed by atoms with Gasteiger partial charge in [0.1, 0.15) is 5.75 Å². The zero-order valence-corrected chi connectivity index (χ0v) is 15.5. The average molecular weight is 352 g/mol. The molecule has 26 heavy (non-hydrogen) atoms. The first-order valence-corrected chi connectivity index (χ1v) is 9.47. The van der Waals surface area contributed by atoms with Crippen molar-refractivity contribution in [2.75, 3.05) is 26.7 Å². The first kappa shape index (κ1) is 18.3. The number of methoxy groups -OCH3 is 1. The van der Waals surface area contributed by atoms with Gasteiger partial charge >= 0.3 is 6.03 Å². The Morgan fingerprint density at radius 1 is 1.12 bits per heavy atom. The van der Waals surface area contributed by atoms with E-state index < -0.39 is 0 Å². The molecule has 0 aromatic heterocycles. The molecule has 1 saturated heterocycles. The number of carbonyl (C=O) groups is 1. The van der Waals surface area contributed by atoms with E-state index >= 15 is 0 Å². The van der Waals surface area contributed by atoms with Crippen molar-refractivity contribution >= 4 is 6.03 Å². The van der Waals surface area contributed by atoms with Gasteiger partial charge in [-0.05, 0) is 42.5 Å². The Hall–Kier alpha value is -2.49. The summed E-state index contributed by atoms with van der Waals surface area (Å²) in [6, 6.07) is 18.6. The minimum atomic E-state index is 0.0568. The van der Waals surface area contributed by atoms with E-state index in [9.17, 15) is 4.79 Å². The van der Waals surface area contributed by atoms with E-state index in [2.05, 4.69) is 29.6 Å². The van der Waals surface area contributed by atoms with E-state index in [4.69, 9.17) is 4.74 Å². The maximum atomic E-state index is 12.6. The minimum absolute atomic E-state index is 0.0568. The van der Waals surface area contributed by atoms with Crippen LogP contribution in [0.15, 0.2) is 54.6 Å². The average Bonchev–Trinajstić information content (AvgIpc) is 2.95. The number of rotatable bonds is 5. The molecular formula is C22H28N2O2. The van der Waals surface area contributed by atoms with Gasteiger partial charge in [0.2, 0.25) is 0 Å². The van der Waals surface area contributed by atoms with Gasteiger partial charge in [0.15, 0.2) is 0 Å². The first-order chi connectivity index (χ1) is 12.8. The van der Waals surface area contributed by atoms with Crippen LogP contribution in [0, 0.1) is 0 Å². The number of benzene rings is 2. The van der Waals surface area contributed by atoms with Crippen LogP contribution in [0.4, 0.5) is 4.79 Å². The van der Waals surface area contributed by atoms with Crippen molar-refractivity contribution in [2.24, 2.45) is 0 Å². The third-order valence-electron chi connectivity index (χ3n) is 5.08. The second-order valence-corrected chi connectivity index (χ2v) is 6.88. The van der Waals surface area contributed by atoms with Crippen molar-refractivity contribution in [3.8, 4) is 5.75 Å². The van der Waals surface area contributed by atoms with Crippen LogP contribution in [0.3, 0.4) is 0 Å². The van der Waals surface area contributed by atoms with Crippen LogP contribution in [0.25, 0.3) is 0 Å². The predicted molar refractivity (Wildman–Crippen MR) is 105 cm³/mol. The number of likely N-dealkylation sites (tertiary alicyclic amines) is 1. The summed E-state index contributed by atoms with van der Waals surface area (Å²) in [6.07, 6.45) is 4.23. The van der Waals surface area contributed by atoms with Gasteiger partial charge in [-0.2, -0.15) is 0 Å². The quantitative estimate of drug-likeness (QED) is 0.875. The lowest BCUT2D eigenvalue weighted by Gasteiger charge is -2.25. The van der Waals surface area contributed by atoms with E-state index in [1.54, 1.807) is 7.11 Å². The van der Waals surface area contributed by atoms with Gasteiger partial charge in [-0.25, -0.2) is 4.79 Å². The monoisotopic (exact) mass is 352 g/mol.